The van der Waals surface area contributed by atoms with Crippen LogP contribution in [0.15, 0.2) is 40.8 Å². The van der Waals surface area contributed by atoms with Gasteiger partial charge in [-0.1, -0.05) is 35.9 Å². The molecular weight excluding hydrogens is 188 g/mol. The summed E-state index contributed by atoms with van der Waals surface area (Å²) in [5.74, 6) is 0.782. The molecule has 0 bridgehead atoms. The van der Waals surface area contributed by atoms with E-state index in [4.69, 9.17) is 11.6 Å². The molecule has 0 aliphatic carbocycles. The van der Waals surface area contributed by atoms with Crippen LogP contribution in [0.1, 0.15) is 5.56 Å². The van der Waals surface area contributed by atoms with Crippen LogP contribution in [0.3, 0.4) is 0 Å². The van der Waals surface area contributed by atoms with Gasteiger partial charge in [-0.05, 0) is 19.1 Å². The Morgan fingerprint density at radius 2 is 2.00 bits per heavy atom. The largest absolute Gasteiger partial charge is 0.120 e. The Kier molecular flexibility index (Phi) is 3.70. The van der Waals surface area contributed by atoms with E-state index in [9.17, 15) is 0 Å². The molecular formula is C10H11ClS. The van der Waals surface area contributed by atoms with Gasteiger partial charge in [-0.25, -0.2) is 0 Å². The topological polar surface area (TPSA) is 0 Å². The second-order valence-electron chi connectivity index (χ2n) is 2.62. The van der Waals surface area contributed by atoms with Gasteiger partial charge in [0.05, 0.1) is 0 Å². The first-order valence-corrected chi connectivity index (χ1v) is 5.07. The van der Waals surface area contributed by atoms with Crippen LogP contribution in [0.2, 0.25) is 0 Å². The van der Waals surface area contributed by atoms with Crippen LogP contribution >= 0.6 is 23.4 Å². The van der Waals surface area contributed by atoms with Crippen molar-refractivity contribution in [3.05, 3.63) is 41.4 Å². The van der Waals surface area contributed by atoms with Crippen molar-refractivity contribution >= 4 is 23.4 Å². The monoisotopic (exact) mass is 198 g/mol. The molecule has 0 aliphatic heterocycles. The highest BCUT2D eigenvalue weighted by atomic mass is 35.5. The van der Waals surface area contributed by atoms with E-state index in [1.54, 1.807) is 11.8 Å². The molecule has 1 aromatic rings. The average Bonchev–Trinajstić information content (AvgIpc) is 2.03. The summed E-state index contributed by atoms with van der Waals surface area (Å²) in [6, 6.07) is 8.39. The molecule has 0 nitrogen and oxygen atoms in total. The predicted molar refractivity (Wildman–Crippen MR) is 56.9 cm³/mol. The van der Waals surface area contributed by atoms with Crippen molar-refractivity contribution in [2.24, 2.45) is 0 Å². The fourth-order valence-electron chi connectivity index (χ4n) is 0.796. The van der Waals surface area contributed by atoms with Crippen LogP contribution in [0, 0.1) is 6.92 Å². The zero-order valence-corrected chi connectivity index (χ0v) is 8.58. The molecule has 1 rings (SSSR count). The van der Waals surface area contributed by atoms with Gasteiger partial charge in [-0.3, -0.25) is 0 Å². The number of hydrogen-bond acceptors (Lipinski definition) is 1. The lowest BCUT2D eigenvalue weighted by Gasteiger charge is -1.99. The van der Waals surface area contributed by atoms with Crippen LogP contribution in [-0.4, -0.2) is 5.75 Å². The molecule has 0 saturated carbocycles. The Morgan fingerprint density at radius 3 is 2.50 bits per heavy atom. The van der Waals surface area contributed by atoms with Gasteiger partial charge < -0.3 is 0 Å². The minimum absolute atomic E-state index is 0.695. The highest BCUT2D eigenvalue weighted by molar-refractivity contribution is 7.99. The van der Waals surface area contributed by atoms with Gasteiger partial charge in [0.15, 0.2) is 0 Å². The molecule has 2 heteroatoms. The Hall–Kier alpha value is -0.400. The van der Waals surface area contributed by atoms with E-state index in [1.807, 2.05) is 0 Å². The lowest BCUT2D eigenvalue weighted by molar-refractivity contribution is 1.38. The summed E-state index contributed by atoms with van der Waals surface area (Å²) in [6.07, 6.45) is 0. The zero-order valence-electron chi connectivity index (χ0n) is 7.01. The Morgan fingerprint density at radius 1 is 1.42 bits per heavy atom. The van der Waals surface area contributed by atoms with Crippen LogP contribution < -0.4 is 0 Å². The smallest absolute Gasteiger partial charge is 0.0334 e. The molecule has 0 atom stereocenters. The standard InChI is InChI=1S/C10H11ClS/c1-8-3-5-10(6-4-8)12-7-9(2)11/h3-6H,2,7H2,1H3. The minimum Gasteiger partial charge on any atom is -0.120 e. The molecule has 0 unspecified atom stereocenters. The summed E-state index contributed by atoms with van der Waals surface area (Å²) >= 11 is 7.35. The molecule has 0 aromatic heterocycles. The van der Waals surface area contributed by atoms with Crippen LogP contribution in [0.5, 0.6) is 0 Å². The molecule has 1 aromatic carbocycles. The van der Waals surface area contributed by atoms with E-state index in [1.165, 1.54) is 10.5 Å². The molecule has 0 amide bonds. The molecule has 0 N–H and O–H groups in total. The fourth-order valence-corrected chi connectivity index (χ4v) is 1.61. The van der Waals surface area contributed by atoms with Gasteiger partial charge in [0.25, 0.3) is 0 Å². The predicted octanol–water partition coefficient (Wildman–Crippen LogP) is 3.84. The van der Waals surface area contributed by atoms with E-state index in [2.05, 4.69) is 37.8 Å². The van der Waals surface area contributed by atoms with Crippen molar-refractivity contribution in [2.75, 3.05) is 5.75 Å². The van der Waals surface area contributed by atoms with Crippen molar-refractivity contribution in [3.8, 4) is 0 Å². The molecule has 0 heterocycles. The van der Waals surface area contributed by atoms with Crippen molar-refractivity contribution < 1.29 is 0 Å². The quantitative estimate of drug-likeness (QED) is 0.666. The molecule has 0 spiro atoms. The van der Waals surface area contributed by atoms with Gasteiger partial charge in [-0.15, -0.1) is 11.8 Å². The average molecular weight is 199 g/mol. The lowest BCUT2D eigenvalue weighted by atomic mass is 10.2. The second kappa shape index (κ2) is 4.58. The second-order valence-corrected chi connectivity index (χ2v) is 4.20. The Balaban J connectivity index is 2.53. The molecule has 12 heavy (non-hydrogen) atoms. The van der Waals surface area contributed by atoms with E-state index >= 15 is 0 Å². The first-order chi connectivity index (χ1) is 5.68. The normalized spacial score (nSPS) is 9.83. The van der Waals surface area contributed by atoms with E-state index < -0.39 is 0 Å². The summed E-state index contributed by atoms with van der Waals surface area (Å²) in [6.45, 7) is 5.71. The van der Waals surface area contributed by atoms with Crippen LogP contribution in [0.25, 0.3) is 0 Å². The van der Waals surface area contributed by atoms with Gasteiger partial charge in [0.2, 0.25) is 0 Å². The van der Waals surface area contributed by atoms with Crippen molar-refractivity contribution in [1.29, 1.82) is 0 Å². The van der Waals surface area contributed by atoms with Crippen molar-refractivity contribution in [2.45, 2.75) is 11.8 Å². The summed E-state index contributed by atoms with van der Waals surface area (Å²) in [5, 5.41) is 0.695. The summed E-state index contributed by atoms with van der Waals surface area (Å²) in [7, 11) is 0. The third kappa shape index (κ3) is 3.33. The van der Waals surface area contributed by atoms with E-state index in [0.29, 0.717) is 5.03 Å². The fraction of sp³-hybridized carbons (Fsp3) is 0.200. The highest BCUT2D eigenvalue weighted by Gasteiger charge is 1.93. The third-order valence-electron chi connectivity index (χ3n) is 1.42. The number of rotatable bonds is 3. The van der Waals surface area contributed by atoms with E-state index in [-0.39, 0.29) is 0 Å². The van der Waals surface area contributed by atoms with E-state index in [0.717, 1.165) is 5.75 Å². The van der Waals surface area contributed by atoms with Crippen molar-refractivity contribution in [3.63, 3.8) is 0 Å². The Bertz CT molecular complexity index is 264. The molecule has 0 radical (unpaired) electrons. The minimum atomic E-state index is 0.695. The first-order valence-electron chi connectivity index (χ1n) is 3.71. The molecule has 0 saturated heterocycles. The highest BCUT2D eigenvalue weighted by Crippen LogP contribution is 2.21. The number of halogens is 1. The maximum atomic E-state index is 5.64. The van der Waals surface area contributed by atoms with Gasteiger partial charge in [0.1, 0.15) is 0 Å². The molecule has 64 valence electrons. The zero-order chi connectivity index (χ0) is 8.97. The number of benzene rings is 1. The molecule has 0 fully saturated rings. The van der Waals surface area contributed by atoms with Gasteiger partial charge in [-0.2, -0.15) is 0 Å². The Labute approximate surface area is 82.6 Å². The molecule has 0 aliphatic rings. The third-order valence-corrected chi connectivity index (χ3v) is 2.81. The summed E-state index contributed by atoms with van der Waals surface area (Å²) < 4.78 is 0. The lowest BCUT2D eigenvalue weighted by Crippen LogP contribution is -1.77. The van der Waals surface area contributed by atoms with Crippen LogP contribution in [-0.2, 0) is 0 Å². The number of aryl methyl sites for hydroxylation is 1. The number of hydrogen-bond donors (Lipinski definition) is 0. The number of thioether (sulfide) groups is 1. The SMILES string of the molecule is C=C(Cl)CSc1ccc(C)cc1. The van der Waals surface area contributed by atoms with Crippen molar-refractivity contribution in [1.82, 2.24) is 0 Å². The van der Waals surface area contributed by atoms with Gasteiger partial charge in [0, 0.05) is 15.7 Å². The maximum Gasteiger partial charge on any atom is 0.0334 e. The summed E-state index contributed by atoms with van der Waals surface area (Å²) in [4.78, 5) is 1.24. The van der Waals surface area contributed by atoms with Crippen LogP contribution in [0.4, 0.5) is 0 Å². The van der Waals surface area contributed by atoms with Gasteiger partial charge >= 0.3 is 0 Å². The first kappa shape index (κ1) is 9.69. The maximum absolute atomic E-state index is 5.64. The summed E-state index contributed by atoms with van der Waals surface area (Å²) in [5.41, 5.74) is 1.28.